The van der Waals surface area contributed by atoms with E-state index in [-0.39, 0.29) is 11.9 Å². The molecule has 0 aromatic heterocycles. The Balaban J connectivity index is 1.78. The average Bonchev–Trinajstić information content (AvgIpc) is 2.48. The lowest BCUT2D eigenvalue weighted by Crippen LogP contribution is -2.44. The van der Waals surface area contributed by atoms with Gasteiger partial charge in [-0.25, -0.2) is 0 Å². The van der Waals surface area contributed by atoms with Gasteiger partial charge in [0.2, 0.25) is 0 Å². The summed E-state index contributed by atoms with van der Waals surface area (Å²) in [5.74, 6) is 0.982. The maximum absolute atomic E-state index is 11.9. The third kappa shape index (κ3) is 4.47. The number of carbonyl (C=O) groups is 1. The first-order valence-corrected chi connectivity index (χ1v) is 8.63. The highest BCUT2D eigenvalue weighted by atomic mass is 16.5. The summed E-state index contributed by atoms with van der Waals surface area (Å²) in [6.07, 6.45) is 11.3. The van der Waals surface area contributed by atoms with E-state index < -0.39 is 0 Å². The Morgan fingerprint density at radius 3 is 2.60 bits per heavy atom. The summed E-state index contributed by atoms with van der Waals surface area (Å²) >= 11 is 0. The first-order chi connectivity index (χ1) is 9.70. The molecule has 0 aromatic rings. The molecule has 2 rings (SSSR count). The largest absolute Gasteiger partial charge is 0.466 e. The number of hydrogen-bond donors (Lipinski definition) is 1. The molecule has 0 radical (unpaired) electrons. The summed E-state index contributed by atoms with van der Waals surface area (Å²) in [5, 5.41) is 3.81. The Morgan fingerprint density at radius 1 is 1.15 bits per heavy atom. The number of carbonyl (C=O) groups excluding carboxylic acids is 1. The van der Waals surface area contributed by atoms with Crippen LogP contribution in [-0.2, 0) is 9.53 Å². The predicted molar refractivity (Wildman–Crippen MR) is 81.6 cm³/mol. The molecule has 1 N–H and O–H groups in total. The predicted octanol–water partition coefficient (Wildman–Crippen LogP) is 3.67. The van der Waals surface area contributed by atoms with Gasteiger partial charge < -0.3 is 10.1 Å². The fourth-order valence-electron chi connectivity index (χ4n) is 3.96. The van der Waals surface area contributed by atoms with E-state index in [4.69, 9.17) is 4.74 Å². The molecule has 0 amide bonds. The van der Waals surface area contributed by atoms with Crippen molar-refractivity contribution < 1.29 is 9.53 Å². The molecular formula is C17H31NO2. The molecular weight excluding hydrogens is 250 g/mol. The summed E-state index contributed by atoms with van der Waals surface area (Å²) in [4.78, 5) is 11.9. The van der Waals surface area contributed by atoms with Crippen LogP contribution in [0.2, 0.25) is 0 Å². The Hall–Kier alpha value is -0.570. The Labute approximate surface area is 123 Å². The van der Waals surface area contributed by atoms with Gasteiger partial charge in [-0.1, -0.05) is 25.7 Å². The Bertz CT molecular complexity index is 299. The molecule has 0 aliphatic heterocycles. The van der Waals surface area contributed by atoms with Gasteiger partial charge in [0, 0.05) is 12.1 Å². The zero-order valence-corrected chi connectivity index (χ0v) is 13.2. The van der Waals surface area contributed by atoms with Crippen molar-refractivity contribution in [2.24, 2.45) is 11.8 Å². The maximum Gasteiger partial charge on any atom is 0.308 e. The van der Waals surface area contributed by atoms with Crippen molar-refractivity contribution in [1.29, 1.82) is 0 Å². The standard InChI is InChI=1S/C17H31NO2/c1-3-20-17(19)15-10-7-11-16(12-15)18-13(2)14-8-5-4-6-9-14/h13-16,18H,3-12H2,1-2H3/t13-,15?,16?/m0/s1. The molecule has 2 fully saturated rings. The molecule has 116 valence electrons. The minimum Gasteiger partial charge on any atom is -0.466 e. The van der Waals surface area contributed by atoms with Gasteiger partial charge in [-0.3, -0.25) is 4.79 Å². The van der Waals surface area contributed by atoms with E-state index in [1.165, 1.54) is 38.5 Å². The smallest absolute Gasteiger partial charge is 0.308 e. The van der Waals surface area contributed by atoms with Gasteiger partial charge >= 0.3 is 5.97 Å². The first kappa shape index (κ1) is 15.8. The number of nitrogens with one attached hydrogen (secondary N) is 1. The zero-order valence-electron chi connectivity index (χ0n) is 13.2. The second-order valence-electron chi connectivity index (χ2n) is 6.67. The van der Waals surface area contributed by atoms with Crippen LogP contribution in [-0.4, -0.2) is 24.7 Å². The first-order valence-electron chi connectivity index (χ1n) is 8.63. The van der Waals surface area contributed by atoms with Crippen LogP contribution in [0.25, 0.3) is 0 Å². The minimum absolute atomic E-state index is 0.0179. The minimum atomic E-state index is 0.0179. The van der Waals surface area contributed by atoms with Gasteiger partial charge in [0.05, 0.1) is 12.5 Å². The highest BCUT2D eigenvalue weighted by Crippen LogP contribution is 2.29. The maximum atomic E-state index is 11.9. The third-order valence-corrected chi connectivity index (χ3v) is 5.15. The van der Waals surface area contributed by atoms with Crippen LogP contribution in [0, 0.1) is 11.8 Å². The number of ether oxygens (including phenoxy) is 1. The van der Waals surface area contributed by atoms with Gasteiger partial charge in [-0.05, 0) is 51.9 Å². The van der Waals surface area contributed by atoms with E-state index in [0.717, 1.165) is 25.2 Å². The molecule has 0 aromatic carbocycles. The Morgan fingerprint density at radius 2 is 1.90 bits per heavy atom. The second kappa shape index (κ2) is 8.02. The quantitative estimate of drug-likeness (QED) is 0.781. The topological polar surface area (TPSA) is 38.3 Å². The van der Waals surface area contributed by atoms with Crippen LogP contribution < -0.4 is 5.32 Å². The van der Waals surface area contributed by atoms with Crippen molar-refractivity contribution >= 4 is 5.97 Å². The molecule has 0 bridgehead atoms. The van der Waals surface area contributed by atoms with Crippen molar-refractivity contribution in [3.63, 3.8) is 0 Å². The van der Waals surface area contributed by atoms with Crippen LogP contribution in [0.4, 0.5) is 0 Å². The van der Waals surface area contributed by atoms with Crippen molar-refractivity contribution in [3.05, 3.63) is 0 Å². The van der Waals surface area contributed by atoms with Crippen LogP contribution in [0.5, 0.6) is 0 Å². The van der Waals surface area contributed by atoms with Gasteiger partial charge in [-0.15, -0.1) is 0 Å². The van der Waals surface area contributed by atoms with Gasteiger partial charge in [0.1, 0.15) is 0 Å². The third-order valence-electron chi connectivity index (χ3n) is 5.15. The molecule has 2 saturated carbocycles. The highest BCUT2D eigenvalue weighted by molar-refractivity contribution is 5.72. The van der Waals surface area contributed by atoms with Gasteiger partial charge in [-0.2, -0.15) is 0 Å². The molecule has 0 saturated heterocycles. The van der Waals surface area contributed by atoms with Crippen molar-refractivity contribution in [1.82, 2.24) is 5.32 Å². The normalized spacial score (nSPS) is 29.9. The molecule has 2 unspecified atom stereocenters. The average molecular weight is 281 g/mol. The lowest BCUT2D eigenvalue weighted by atomic mass is 9.82. The monoisotopic (exact) mass is 281 g/mol. The number of hydrogen-bond acceptors (Lipinski definition) is 3. The van der Waals surface area contributed by atoms with Gasteiger partial charge in [0.25, 0.3) is 0 Å². The Kier molecular flexibility index (Phi) is 6.34. The number of rotatable bonds is 5. The van der Waals surface area contributed by atoms with E-state index >= 15 is 0 Å². The fourth-order valence-corrected chi connectivity index (χ4v) is 3.96. The molecule has 3 atom stereocenters. The van der Waals surface area contributed by atoms with Crippen molar-refractivity contribution in [3.8, 4) is 0 Å². The van der Waals surface area contributed by atoms with E-state index in [1.54, 1.807) is 0 Å². The summed E-state index contributed by atoms with van der Waals surface area (Å²) in [6, 6.07) is 1.11. The summed E-state index contributed by atoms with van der Waals surface area (Å²) in [6.45, 7) is 4.73. The molecule has 0 heterocycles. The second-order valence-corrected chi connectivity index (χ2v) is 6.67. The lowest BCUT2D eigenvalue weighted by Gasteiger charge is -2.35. The van der Waals surface area contributed by atoms with E-state index in [1.807, 2.05) is 6.92 Å². The highest BCUT2D eigenvalue weighted by Gasteiger charge is 2.30. The van der Waals surface area contributed by atoms with E-state index in [9.17, 15) is 4.79 Å². The molecule has 3 heteroatoms. The van der Waals surface area contributed by atoms with E-state index in [0.29, 0.717) is 18.7 Å². The van der Waals surface area contributed by atoms with E-state index in [2.05, 4.69) is 12.2 Å². The van der Waals surface area contributed by atoms with Crippen LogP contribution in [0.3, 0.4) is 0 Å². The summed E-state index contributed by atoms with van der Waals surface area (Å²) in [5.41, 5.74) is 0. The van der Waals surface area contributed by atoms with Crippen LogP contribution >= 0.6 is 0 Å². The van der Waals surface area contributed by atoms with Crippen molar-refractivity contribution in [2.45, 2.75) is 83.7 Å². The SMILES string of the molecule is CCOC(=O)C1CCCC(N[C@@H](C)C2CCCCC2)C1. The summed E-state index contributed by atoms with van der Waals surface area (Å²) in [7, 11) is 0. The van der Waals surface area contributed by atoms with Crippen LogP contribution in [0.1, 0.15) is 71.6 Å². The number of esters is 1. The molecule has 2 aliphatic carbocycles. The molecule has 2 aliphatic rings. The van der Waals surface area contributed by atoms with Gasteiger partial charge in [0.15, 0.2) is 0 Å². The summed E-state index contributed by atoms with van der Waals surface area (Å²) < 4.78 is 5.18. The fraction of sp³-hybridized carbons (Fsp3) is 0.941. The lowest BCUT2D eigenvalue weighted by molar-refractivity contribution is -0.149. The van der Waals surface area contributed by atoms with Crippen molar-refractivity contribution in [2.75, 3.05) is 6.61 Å². The van der Waals surface area contributed by atoms with Crippen LogP contribution in [0.15, 0.2) is 0 Å². The molecule has 20 heavy (non-hydrogen) atoms. The zero-order chi connectivity index (χ0) is 14.4. The molecule has 3 nitrogen and oxygen atoms in total. The molecule has 0 spiro atoms.